The van der Waals surface area contributed by atoms with Crippen molar-refractivity contribution in [2.75, 3.05) is 0 Å². The minimum Gasteiger partial charge on any atom is -0.103 e. The van der Waals surface area contributed by atoms with Gasteiger partial charge >= 0.3 is 0 Å². The van der Waals surface area contributed by atoms with Crippen LogP contribution >= 0.6 is 0 Å². The van der Waals surface area contributed by atoms with E-state index in [2.05, 4.69) is 24.8 Å². The summed E-state index contributed by atoms with van der Waals surface area (Å²) in [6, 6.07) is 0. The first-order valence-electron chi connectivity index (χ1n) is 4.21. The predicted molar refractivity (Wildman–Crippen MR) is 48.0 cm³/mol. The molecule has 0 amide bonds. The summed E-state index contributed by atoms with van der Waals surface area (Å²) in [6.45, 7) is 7.75. The van der Waals surface area contributed by atoms with Gasteiger partial charge < -0.3 is 0 Å². The van der Waals surface area contributed by atoms with Crippen LogP contribution in [0.2, 0.25) is 0 Å². The van der Waals surface area contributed by atoms with Crippen molar-refractivity contribution in [2.45, 2.75) is 33.1 Å². The van der Waals surface area contributed by atoms with Crippen molar-refractivity contribution in [3.8, 4) is 0 Å². The van der Waals surface area contributed by atoms with E-state index in [4.69, 9.17) is 0 Å². The van der Waals surface area contributed by atoms with E-state index in [1.807, 2.05) is 13.8 Å². The minimum atomic E-state index is 0.764. The molecule has 0 nitrogen and oxygen atoms in total. The zero-order valence-electron chi connectivity index (χ0n) is 7.14. The molecule has 0 bridgehead atoms. The van der Waals surface area contributed by atoms with Crippen LogP contribution < -0.4 is 0 Å². The number of allylic oxidation sites excluding steroid dienone is 3. The molecule has 0 saturated carbocycles. The molecule has 0 N–H and O–H groups in total. The molecule has 0 aromatic heterocycles. The molecule has 0 aliphatic heterocycles. The van der Waals surface area contributed by atoms with Crippen LogP contribution in [0.4, 0.5) is 0 Å². The lowest BCUT2D eigenvalue weighted by Gasteiger charge is -2.11. The summed E-state index contributed by atoms with van der Waals surface area (Å²) in [5.41, 5.74) is 0. The first-order valence-corrected chi connectivity index (χ1v) is 4.21. The van der Waals surface area contributed by atoms with Crippen molar-refractivity contribution in [3.63, 3.8) is 0 Å². The van der Waals surface area contributed by atoms with Gasteiger partial charge in [-0.15, -0.1) is 6.58 Å². The molecule has 0 aromatic rings. The maximum atomic E-state index is 3.75. The van der Waals surface area contributed by atoms with Gasteiger partial charge in [0.2, 0.25) is 0 Å². The van der Waals surface area contributed by atoms with E-state index < -0.39 is 0 Å². The third-order valence-electron chi connectivity index (χ3n) is 1.64. The summed E-state index contributed by atoms with van der Waals surface area (Å²) in [5.74, 6) is 0.764. The molecule has 0 radical (unpaired) electrons. The summed E-state index contributed by atoms with van der Waals surface area (Å²) >= 11 is 0. The first-order chi connectivity index (χ1) is 4.93. The molecule has 0 heteroatoms. The van der Waals surface area contributed by atoms with Crippen LogP contribution in [0.25, 0.3) is 0 Å². The Bertz CT molecular complexity index is 101. The molecule has 0 saturated heterocycles. The number of hydrogen-bond donors (Lipinski definition) is 0. The summed E-state index contributed by atoms with van der Waals surface area (Å²) in [4.78, 5) is 0. The van der Waals surface area contributed by atoms with Crippen LogP contribution in [0.15, 0.2) is 24.8 Å². The molecule has 0 heterocycles. The Morgan fingerprint density at radius 2 is 2.10 bits per heavy atom. The summed E-state index contributed by atoms with van der Waals surface area (Å²) < 4.78 is 0. The SMILES string of the molecule is C=CC1CC=CCC1.CC. The lowest BCUT2D eigenvalue weighted by atomic mass is 9.95. The minimum absolute atomic E-state index is 0.764. The van der Waals surface area contributed by atoms with Gasteiger partial charge in [-0.05, 0) is 25.2 Å². The lowest BCUT2D eigenvalue weighted by molar-refractivity contribution is 0.585. The average molecular weight is 138 g/mol. The Hall–Kier alpha value is -0.520. The van der Waals surface area contributed by atoms with Crippen molar-refractivity contribution in [1.82, 2.24) is 0 Å². The maximum absolute atomic E-state index is 3.75. The van der Waals surface area contributed by atoms with Crippen LogP contribution in [-0.2, 0) is 0 Å². The van der Waals surface area contributed by atoms with Crippen LogP contribution in [0.3, 0.4) is 0 Å². The highest BCUT2D eigenvalue weighted by Gasteiger charge is 2.02. The second-order valence-corrected chi connectivity index (χ2v) is 2.28. The lowest BCUT2D eigenvalue weighted by Crippen LogP contribution is -1.96. The van der Waals surface area contributed by atoms with E-state index in [9.17, 15) is 0 Å². The van der Waals surface area contributed by atoms with E-state index in [1.165, 1.54) is 19.3 Å². The second kappa shape index (κ2) is 6.60. The fraction of sp³-hybridized carbons (Fsp3) is 0.600. The zero-order valence-corrected chi connectivity index (χ0v) is 7.14. The maximum Gasteiger partial charge on any atom is -0.0199 e. The van der Waals surface area contributed by atoms with Crippen molar-refractivity contribution >= 4 is 0 Å². The van der Waals surface area contributed by atoms with Gasteiger partial charge in [-0.25, -0.2) is 0 Å². The van der Waals surface area contributed by atoms with E-state index in [0.717, 1.165) is 5.92 Å². The molecule has 0 aromatic carbocycles. The van der Waals surface area contributed by atoms with Crippen LogP contribution in [0.5, 0.6) is 0 Å². The van der Waals surface area contributed by atoms with E-state index in [0.29, 0.717) is 0 Å². The smallest absolute Gasteiger partial charge is 0.0199 e. The van der Waals surface area contributed by atoms with E-state index in [-0.39, 0.29) is 0 Å². The Labute approximate surface area is 64.6 Å². The molecule has 0 spiro atoms. The average Bonchev–Trinajstić information content (AvgIpc) is 2.10. The third kappa shape index (κ3) is 3.49. The fourth-order valence-corrected chi connectivity index (χ4v) is 1.03. The third-order valence-corrected chi connectivity index (χ3v) is 1.64. The highest BCUT2D eigenvalue weighted by molar-refractivity contribution is 4.95. The molecule has 10 heavy (non-hydrogen) atoms. The number of rotatable bonds is 1. The number of hydrogen-bond acceptors (Lipinski definition) is 0. The van der Waals surface area contributed by atoms with E-state index in [1.54, 1.807) is 0 Å². The molecule has 58 valence electrons. The largest absolute Gasteiger partial charge is 0.103 e. The molecule has 1 atom stereocenters. The summed E-state index contributed by atoms with van der Waals surface area (Å²) in [7, 11) is 0. The fourth-order valence-electron chi connectivity index (χ4n) is 1.03. The molecule has 1 aliphatic rings. The van der Waals surface area contributed by atoms with Crippen LogP contribution in [0, 0.1) is 5.92 Å². The van der Waals surface area contributed by atoms with Gasteiger partial charge in [0.1, 0.15) is 0 Å². The van der Waals surface area contributed by atoms with Gasteiger partial charge in [-0.1, -0.05) is 32.1 Å². The highest BCUT2D eigenvalue weighted by atomic mass is 14.1. The van der Waals surface area contributed by atoms with Crippen molar-refractivity contribution in [1.29, 1.82) is 0 Å². The van der Waals surface area contributed by atoms with Gasteiger partial charge in [0.25, 0.3) is 0 Å². The zero-order chi connectivity index (χ0) is 7.82. The normalized spacial score (nSPS) is 22.8. The Kier molecular flexibility index (Phi) is 6.25. The Morgan fingerprint density at radius 3 is 2.40 bits per heavy atom. The van der Waals surface area contributed by atoms with Gasteiger partial charge in [-0.3, -0.25) is 0 Å². The molecule has 1 unspecified atom stereocenters. The van der Waals surface area contributed by atoms with Gasteiger partial charge in [0.05, 0.1) is 0 Å². The standard InChI is InChI=1S/C8H12.C2H6/c1-2-8-6-4-3-5-7-8;1-2/h2-4,8H,1,5-7H2;1-2H3. The molecule has 1 rings (SSSR count). The molecule has 1 aliphatic carbocycles. The van der Waals surface area contributed by atoms with Crippen molar-refractivity contribution in [2.24, 2.45) is 5.92 Å². The molecule has 0 fully saturated rings. The van der Waals surface area contributed by atoms with Gasteiger partial charge in [0.15, 0.2) is 0 Å². The second-order valence-electron chi connectivity index (χ2n) is 2.28. The van der Waals surface area contributed by atoms with Gasteiger partial charge in [-0.2, -0.15) is 0 Å². The molecular weight excluding hydrogens is 120 g/mol. The van der Waals surface area contributed by atoms with Crippen LogP contribution in [-0.4, -0.2) is 0 Å². The Balaban J connectivity index is 0.000000371. The van der Waals surface area contributed by atoms with E-state index >= 15 is 0 Å². The highest BCUT2D eigenvalue weighted by Crippen LogP contribution is 2.17. The van der Waals surface area contributed by atoms with Crippen LogP contribution in [0.1, 0.15) is 33.1 Å². The van der Waals surface area contributed by atoms with Crippen molar-refractivity contribution in [3.05, 3.63) is 24.8 Å². The predicted octanol–water partition coefficient (Wildman–Crippen LogP) is 3.55. The Morgan fingerprint density at radius 1 is 1.40 bits per heavy atom. The molecular formula is C10H18. The monoisotopic (exact) mass is 138 g/mol. The van der Waals surface area contributed by atoms with Crippen molar-refractivity contribution < 1.29 is 0 Å². The topological polar surface area (TPSA) is 0 Å². The summed E-state index contributed by atoms with van der Waals surface area (Å²) in [5, 5.41) is 0. The quantitative estimate of drug-likeness (QED) is 0.486. The summed E-state index contributed by atoms with van der Waals surface area (Å²) in [6.07, 6.45) is 10.3. The first kappa shape index (κ1) is 9.48. The van der Waals surface area contributed by atoms with Gasteiger partial charge in [0, 0.05) is 0 Å².